The fraction of sp³-hybridized carbons (Fsp3) is 0.281. The van der Waals surface area contributed by atoms with Crippen LogP contribution >= 0.6 is 0 Å². The summed E-state index contributed by atoms with van der Waals surface area (Å²) in [6.45, 7) is 1.71. The number of halogens is 1. The molecule has 4 aromatic rings. The number of carbonyl (C=O) groups excluding carboxylic acids is 2. The topological polar surface area (TPSA) is 100 Å². The van der Waals surface area contributed by atoms with Crippen molar-refractivity contribution in [1.29, 1.82) is 0 Å². The number of hydrogen-bond donors (Lipinski definition) is 3. The second-order valence-electron chi connectivity index (χ2n) is 10.5. The quantitative estimate of drug-likeness (QED) is 0.277. The Morgan fingerprint density at radius 1 is 1.05 bits per heavy atom. The number of fused-ring (bicyclic) bond motifs is 3. The van der Waals surface area contributed by atoms with Gasteiger partial charge in [-0.25, -0.2) is 4.39 Å². The number of nitrogens with zero attached hydrogens (tertiary/aromatic N) is 1. The minimum absolute atomic E-state index is 0.0240. The van der Waals surface area contributed by atoms with Crippen LogP contribution in [0.15, 0.2) is 72.8 Å². The van der Waals surface area contributed by atoms with Gasteiger partial charge in [-0.1, -0.05) is 48.5 Å². The van der Waals surface area contributed by atoms with E-state index in [1.54, 1.807) is 10.6 Å². The van der Waals surface area contributed by atoms with Gasteiger partial charge in [0.1, 0.15) is 12.4 Å². The molecular formula is C32H32FN3O4. The van der Waals surface area contributed by atoms with E-state index in [0.717, 1.165) is 28.1 Å². The lowest BCUT2D eigenvalue weighted by atomic mass is 9.89. The molecule has 1 aromatic heterocycles. The van der Waals surface area contributed by atoms with Crippen molar-refractivity contribution in [2.24, 2.45) is 5.92 Å². The number of para-hydroxylation sites is 1. The third-order valence-corrected chi connectivity index (χ3v) is 7.62. The minimum atomic E-state index is -0.966. The molecule has 0 fully saturated rings. The Labute approximate surface area is 232 Å². The van der Waals surface area contributed by atoms with Gasteiger partial charge in [0.2, 0.25) is 11.8 Å². The molecule has 2 atom stereocenters. The molecule has 7 nitrogen and oxygen atoms in total. The summed E-state index contributed by atoms with van der Waals surface area (Å²) in [7, 11) is 0. The van der Waals surface area contributed by atoms with Crippen LogP contribution in [0.3, 0.4) is 0 Å². The van der Waals surface area contributed by atoms with Crippen LogP contribution in [0.5, 0.6) is 0 Å². The molecule has 3 aromatic carbocycles. The lowest BCUT2D eigenvalue weighted by Gasteiger charge is -2.27. The first-order valence-corrected chi connectivity index (χ1v) is 13.5. The van der Waals surface area contributed by atoms with E-state index in [2.05, 4.69) is 10.6 Å². The summed E-state index contributed by atoms with van der Waals surface area (Å²) >= 11 is 0. The highest BCUT2D eigenvalue weighted by Crippen LogP contribution is 2.33. The number of aliphatic carboxylic acids is 1. The molecule has 1 aliphatic rings. The molecule has 0 bridgehead atoms. The van der Waals surface area contributed by atoms with Gasteiger partial charge in [0.15, 0.2) is 0 Å². The van der Waals surface area contributed by atoms with Gasteiger partial charge >= 0.3 is 5.97 Å². The van der Waals surface area contributed by atoms with E-state index < -0.39 is 17.7 Å². The second-order valence-corrected chi connectivity index (χ2v) is 10.5. The number of aryl methyl sites for hydroxylation is 1. The Balaban J connectivity index is 1.35. The lowest BCUT2D eigenvalue weighted by Crippen LogP contribution is -2.43. The zero-order valence-corrected chi connectivity index (χ0v) is 22.3. The van der Waals surface area contributed by atoms with Crippen molar-refractivity contribution in [2.45, 2.75) is 51.6 Å². The molecule has 0 saturated carbocycles. The predicted octanol–water partition coefficient (Wildman–Crippen LogP) is 5.03. The first-order valence-electron chi connectivity index (χ1n) is 13.5. The van der Waals surface area contributed by atoms with Crippen molar-refractivity contribution in [3.8, 4) is 0 Å². The molecule has 0 spiro atoms. The Morgan fingerprint density at radius 2 is 1.80 bits per heavy atom. The molecule has 1 aliphatic carbocycles. The number of rotatable bonds is 9. The van der Waals surface area contributed by atoms with Crippen LogP contribution in [0.2, 0.25) is 0 Å². The average molecular weight is 542 g/mol. The fourth-order valence-electron chi connectivity index (χ4n) is 5.67. The van der Waals surface area contributed by atoms with Crippen LogP contribution in [0, 0.1) is 18.7 Å². The van der Waals surface area contributed by atoms with Gasteiger partial charge in [-0.15, -0.1) is 0 Å². The van der Waals surface area contributed by atoms with E-state index in [4.69, 9.17) is 0 Å². The maximum Gasteiger partial charge on any atom is 0.323 e. The van der Waals surface area contributed by atoms with Crippen LogP contribution in [-0.4, -0.2) is 33.5 Å². The highest BCUT2D eigenvalue weighted by atomic mass is 19.1. The average Bonchev–Trinajstić information content (AvgIpc) is 3.21. The van der Waals surface area contributed by atoms with E-state index in [1.807, 2.05) is 61.5 Å². The molecule has 0 aliphatic heterocycles. The van der Waals surface area contributed by atoms with E-state index in [0.29, 0.717) is 36.6 Å². The van der Waals surface area contributed by atoms with Crippen LogP contribution in [0.1, 0.15) is 35.2 Å². The van der Waals surface area contributed by atoms with E-state index in [9.17, 15) is 23.9 Å². The molecule has 1 heterocycles. The Hall–Kier alpha value is -4.46. The van der Waals surface area contributed by atoms with Crippen molar-refractivity contribution < 1.29 is 23.9 Å². The number of carboxylic acids is 1. The number of anilines is 1. The summed E-state index contributed by atoms with van der Waals surface area (Å²) in [6, 6.07) is 21.3. The fourth-order valence-corrected chi connectivity index (χ4v) is 5.67. The van der Waals surface area contributed by atoms with Gasteiger partial charge in [-0.3, -0.25) is 14.4 Å². The second kappa shape index (κ2) is 11.7. The van der Waals surface area contributed by atoms with Crippen LogP contribution in [-0.2, 0) is 40.2 Å². The van der Waals surface area contributed by atoms with Gasteiger partial charge in [-0.2, -0.15) is 0 Å². The van der Waals surface area contributed by atoms with Crippen molar-refractivity contribution in [2.75, 3.05) is 5.32 Å². The van der Waals surface area contributed by atoms with Gasteiger partial charge in [0.25, 0.3) is 0 Å². The van der Waals surface area contributed by atoms with Gasteiger partial charge < -0.3 is 20.3 Å². The summed E-state index contributed by atoms with van der Waals surface area (Å²) in [4.78, 5) is 38.2. The molecule has 3 N–H and O–H groups in total. The number of aromatic nitrogens is 1. The first-order chi connectivity index (χ1) is 19.3. The summed E-state index contributed by atoms with van der Waals surface area (Å²) < 4.78 is 15.9. The van der Waals surface area contributed by atoms with Gasteiger partial charge in [0.05, 0.1) is 5.92 Å². The molecular weight excluding hydrogens is 509 g/mol. The van der Waals surface area contributed by atoms with E-state index in [1.165, 1.54) is 12.1 Å². The Morgan fingerprint density at radius 3 is 2.55 bits per heavy atom. The smallest absolute Gasteiger partial charge is 0.323 e. The van der Waals surface area contributed by atoms with Crippen molar-refractivity contribution in [3.05, 3.63) is 101 Å². The summed E-state index contributed by atoms with van der Waals surface area (Å²) in [5.74, 6) is -2.39. The minimum Gasteiger partial charge on any atom is -0.480 e. The van der Waals surface area contributed by atoms with E-state index >= 15 is 0 Å². The lowest BCUT2D eigenvalue weighted by molar-refractivity contribution is -0.137. The predicted molar refractivity (Wildman–Crippen MR) is 152 cm³/mol. The Bertz CT molecular complexity index is 1560. The standard InChI is InChI=1S/C32H32FN3O4/c1-20-7-5-6-10-27(20)35-30(37)16-22(15-21-8-3-2-4-9-21)32(40)34-24-12-14-29-26(18-24)25-17-23(33)11-13-28(25)36(29)19-31(38)39/h2-11,13,17,22,24H,12,14-16,18-19H2,1H3,(H,34,40)(H,35,37)(H,38,39)/t22-,24-/m0/s1. The largest absolute Gasteiger partial charge is 0.480 e. The summed E-state index contributed by atoms with van der Waals surface area (Å²) in [6.07, 6.45) is 2.07. The maximum absolute atomic E-state index is 14.2. The molecule has 2 amide bonds. The van der Waals surface area contributed by atoms with Crippen LogP contribution < -0.4 is 10.6 Å². The third kappa shape index (κ3) is 6.06. The number of amides is 2. The van der Waals surface area contributed by atoms with Gasteiger partial charge in [-0.05, 0) is 73.6 Å². The van der Waals surface area contributed by atoms with Crippen molar-refractivity contribution >= 4 is 34.4 Å². The third-order valence-electron chi connectivity index (χ3n) is 7.62. The first kappa shape index (κ1) is 27.1. The SMILES string of the molecule is Cc1ccccc1NC(=O)C[C@H](Cc1ccccc1)C(=O)N[C@H]1CCc2c(c3cc(F)ccc3n2CC(=O)O)C1. The van der Waals surface area contributed by atoms with Crippen LogP contribution in [0.4, 0.5) is 10.1 Å². The summed E-state index contributed by atoms with van der Waals surface area (Å²) in [5.41, 5.74) is 5.03. The number of carboxylic acid groups (broad SMARTS) is 1. The highest BCUT2D eigenvalue weighted by molar-refractivity contribution is 5.95. The van der Waals surface area contributed by atoms with Gasteiger partial charge in [0, 0.05) is 34.7 Å². The number of carbonyl (C=O) groups is 3. The zero-order chi connectivity index (χ0) is 28.2. The highest BCUT2D eigenvalue weighted by Gasteiger charge is 2.30. The van der Waals surface area contributed by atoms with Crippen molar-refractivity contribution in [3.63, 3.8) is 0 Å². The summed E-state index contributed by atoms with van der Waals surface area (Å²) in [5, 5.41) is 16.2. The Kier molecular flexibility index (Phi) is 7.96. The van der Waals surface area contributed by atoms with Crippen molar-refractivity contribution in [1.82, 2.24) is 9.88 Å². The number of hydrogen-bond acceptors (Lipinski definition) is 3. The molecule has 0 saturated heterocycles. The zero-order valence-electron chi connectivity index (χ0n) is 22.3. The van der Waals surface area contributed by atoms with E-state index in [-0.39, 0.29) is 30.8 Å². The molecule has 8 heteroatoms. The molecule has 40 heavy (non-hydrogen) atoms. The van der Waals surface area contributed by atoms with Crippen LogP contribution in [0.25, 0.3) is 10.9 Å². The number of benzene rings is 3. The normalized spacial score (nSPS) is 15.3. The monoisotopic (exact) mass is 541 g/mol. The molecule has 0 radical (unpaired) electrons. The maximum atomic E-state index is 14.2. The molecule has 206 valence electrons. The number of nitrogens with one attached hydrogen (secondary N) is 2. The molecule has 0 unspecified atom stereocenters. The molecule has 5 rings (SSSR count).